The van der Waals surface area contributed by atoms with Gasteiger partial charge in [-0.3, -0.25) is 0 Å². The predicted molar refractivity (Wildman–Crippen MR) is 244 cm³/mol. The Hall–Kier alpha value is -7.76. The fourth-order valence-electron chi connectivity index (χ4n) is 9.91. The van der Waals surface area contributed by atoms with E-state index in [1.165, 1.54) is 16.2 Å². The molecule has 4 heterocycles. The van der Waals surface area contributed by atoms with Crippen LogP contribution in [0.1, 0.15) is 0 Å². The van der Waals surface area contributed by atoms with Crippen LogP contribution in [0.3, 0.4) is 0 Å². The zero-order valence-corrected chi connectivity index (χ0v) is 31.8. The van der Waals surface area contributed by atoms with Crippen molar-refractivity contribution in [2.45, 2.75) is 0 Å². The number of rotatable bonds is 4. The van der Waals surface area contributed by atoms with Gasteiger partial charge in [0, 0.05) is 55.6 Å². The van der Waals surface area contributed by atoms with E-state index in [-0.39, 0.29) is 6.71 Å². The summed E-state index contributed by atoms with van der Waals surface area (Å²) >= 11 is 0. The fourth-order valence-corrected chi connectivity index (χ4v) is 9.91. The van der Waals surface area contributed by atoms with Crippen molar-refractivity contribution in [2.24, 2.45) is 0 Å². The monoisotopic (exact) mass is 752 g/mol. The van der Waals surface area contributed by atoms with E-state index in [4.69, 9.17) is 9.47 Å². The Balaban J connectivity index is 1.19. The van der Waals surface area contributed by atoms with Crippen LogP contribution in [0.15, 0.2) is 200 Å². The Kier molecular flexibility index (Phi) is 6.78. The van der Waals surface area contributed by atoms with Gasteiger partial charge in [-0.05, 0) is 64.5 Å². The van der Waals surface area contributed by atoms with Gasteiger partial charge in [0.15, 0.2) is 0 Å². The predicted octanol–water partition coefficient (Wildman–Crippen LogP) is 11.9. The molecule has 13 rings (SSSR count). The first-order valence-corrected chi connectivity index (χ1v) is 20.2. The summed E-state index contributed by atoms with van der Waals surface area (Å²) in [7, 11) is 0. The molecule has 0 fully saturated rings. The maximum Gasteiger partial charge on any atom is 0.260 e. The zero-order valence-electron chi connectivity index (χ0n) is 31.8. The summed E-state index contributed by atoms with van der Waals surface area (Å²) in [6, 6.07) is 71.6. The molecule has 0 radical (unpaired) electrons. The molecule has 9 aromatic carbocycles. The van der Waals surface area contributed by atoms with Gasteiger partial charge in [0.2, 0.25) is 0 Å². The molecule has 0 unspecified atom stereocenters. The number of fused-ring (bicyclic) bond motifs is 11. The van der Waals surface area contributed by atoms with Crippen molar-refractivity contribution in [3.63, 3.8) is 0 Å². The van der Waals surface area contributed by atoms with Crippen LogP contribution in [-0.4, -0.2) is 15.8 Å². The van der Waals surface area contributed by atoms with Crippen molar-refractivity contribution in [1.29, 1.82) is 0 Å². The molecule has 2 aliphatic rings. The summed E-state index contributed by atoms with van der Waals surface area (Å²) in [5, 5.41) is 4.74. The van der Waals surface area contributed by atoms with Gasteiger partial charge in [0.25, 0.3) is 6.71 Å². The molecule has 11 aromatic rings. The second-order valence-corrected chi connectivity index (χ2v) is 15.6. The topological polar surface area (TPSA) is 28.3 Å². The van der Waals surface area contributed by atoms with Gasteiger partial charge in [-0.25, -0.2) is 0 Å². The van der Waals surface area contributed by atoms with Crippen LogP contribution in [0.4, 0.5) is 0 Å². The van der Waals surface area contributed by atoms with Crippen molar-refractivity contribution in [3.05, 3.63) is 200 Å². The molecular weight excluding hydrogens is 719 g/mol. The van der Waals surface area contributed by atoms with E-state index in [9.17, 15) is 0 Å². The third-order valence-electron chi connectivity index (χ3n) is 12.4. The minimum atomic E-state index is -0.187. The smallest absolute Gasteiger partial charge is 0.260 e. The van der Waals surface area contributed by atoms with Crippen LogP contribution in [0.25, 0.3) is 77.2 Å². The minimum absolute atomic E-state index is 0.187. The van der Waals surface area contributed by atoms with Crippen LogP contribution in [0.2, 0.25) is 0 Å². The standard InChI is InChI=1S/C54H33BN2O2/c1-5-17-34(18-6-1)41-31-42(35-19-7-2-8-20-35)53-50-52(41)58-49-33-48-43(39-26-14-15-27-46(39)56(48)36-21-9-3-10-22-36)32-45(49)55(50)44-30-29-40-38-25-13-16-28-47(38)57(51(40)54(44)59-53)37-23-11-4-12-24-37/h1-33H. The van der Waals surface area contributed by atoms with Crippen LogP contribution in [0, 0.1) is 0 Å². The van der Waals surface area contributed by atoms with Gasteiger partial charge in [0.05, 0.1) is 22.1 Å². The number of nitrogens with zero attached hydrogens (tertiary/aromatic N) is 2. The summed E-state index contributed by atoms with van der Waals surface area (Å²) in [6.45, 7) is -0.187. The average molecular weight is 753 g/mol. The van der Waals surface area contributed by atoms with E-state index in [0.717, 1.165) is 100 Å². The molecular formula is C54H33BN2O2. The van der Waals surface area contributed by atoms with Crippen LogP contribution >= 0.6 is 0 Å². The Morgan fingerprint density at radius 2 is 0.881 bits per heavy atom. The minimum Gasteiger partial charge on any atom is -0.458 e. The molecule has 2 aliphatic heterocycles. The normalized spacial score (nSPS) is 12.6. The maximum absolute atomic E-state index is 7.54. The van der Waals surface area contributed by atoms with Crippen molar-refractivity contribution < 1.29 is 9.47 Å². The highest BCUT2D eigenvalue weighted by molar-refractivity contribution is 6.98. The molecule has 2 aromatic heterocycles. The van der Waals surface area contributed by atoms with Crippen molar-refractivity contribution in [3.8, 4) is 56.6 Å². The summed E-state index contributed by atoms with van der Waals surface area (Å²) in [5.74, 6) is 3.38. The van der Waals surface area contributed by atoms with Crippen molar-refractivity contribution >= 4 is 66.7 Å². The number of para-hydroxylation sites is 4. The number of benzene rings is 9. The van der Waals surface area contributed by atoms with E-state index >= 15 is 0 Å². The van der Waals surface area contributed by atoms with E-state index in [0.29, 0.717) is 0 Å². The highest BCUT2D eigenvalue weighted by atomic mass is 16.5. The Bertz CT molecular complexity index is 3480. The molecule has 0 saturated carbocycles. The lowest BCUT2D eigenvalue weighted by atomic mass is 9.34. The molecule has 0 aliphatic carbocycles. The summed E-state index contributed by atoms with van der Waals surface area (Å²) < 4.78 is 19.6. The van der Waals surface area contributed by atoms with E-state index in [1.807, 2.05) is 0 Å². The average Bonchev–Trinajstić information content (AvgIpc) is 3.82. The highest BCUT2D eigenvalue weighted by Crippen LogP contribution is 2.49. The number of ether oxygens (including phenoxy) is 2. The lowest BCUT2D eigenvalue weighted by Crippen LogP contribution is -2.57. The first-order chi connectivity index (χ1) is 29.3. The summed E-state index contributed by atoms with van der Waals surface area (Å²) in [5.41, 5.74) is 14.2. The molecule has 5 heteroatoms. The van der Waals surface area contributed by atoms with Gasteiger partial charge >= 0.3 is 0 Å². The van der Waals surface area contributed by atoms with Crippen molar-refractivity contribution in [2.75, 3.05) is 0 Å². The van der Waals surface area contributed by atoms with E-state index < -0.39 is 0 Å². The molecule has 0 saturated heterocycles. The largest absolute Gasteiger partial charge is 0.458 e. The van der Waals surface area contributed by atoms with Gasteiger partial charge in [-0.1, -0.05) is 152 Å². The number of hydrogen-bond donors (Lipinski definition) is 0. The molecule has 4 nitrogen and oxygen atoms in total. The molecule has 0 amide bonds. The van der Waals surface area contributed by atoms with E-state index in [1.54, 1.807) is 0 Å². The lowest BCUT2D eigenvalue weighted by molar-refractivity contribution is 0.469. The van der Waals surface area contributed by atoms with Crippen molar-refractivity contribution in [1.82, 2.24) is 9.13 Å². The first kappa shape index (κ1) is 32.3. The second kappa shape index (κ2) is 12.4. The Labute approximate surface area is 340 Å². The quantitative estimate of drug-likeness (QED) is 0.168. The summed E-state index contributed by atoms with van der Waals surface area (Å²) in [6.07, 6.45) is 0. The summed E-state index contributed by atoms with van der Waals surface area (Å²) in [4.78, 5) is 0. The molecule has 0 bridgehead atoms. The Morgan fingerprint density at radius 3 is 1.53 bits per heavy atom. The number of aromatic nitrogens is 2. The van der Waals surface area contributed by atoms with Gasteiger partial charge in [-0.2, -0.15) is 0 Å². The van der Waals surface area contributed by atoms with Gasteiger partial charge in [-0.15, -0.1) is 0 Å². The SMILES string of the molecule is c1ccc(-c2cc(-c3ccccc3)c3c4c2Oc2cc5c(cc2B4c2ccc4c6ccccc6n(-c6ccccc6)c4c2O3)c2ccccc2n5-c2ccccc2)cc1. The highest BCUT2D eigenvalue weighted by Gasteiger charge is 2.44. The molecule has 274 valence electrons. The molecule has 59 heavy (non-hydrogen) atoms. The Morgan fingerprint density at radius 1 is 0.356 bits per heavy atom. The first-order valence-electron chi connectivity index (χ1n) is 20.2. The third-order valence-corrected chi connectivity index (χ3v) is 12.4. The zero-order chi connectivity index (χ0) is 38.6. The van der Waals surface area contributed by atoms with Gasteiger partial charge < -0.3 is 18.6 Å². The molecule has 0 N–H and O–H groups in total. The van der Waals surface area contributed by atoms with Crippen LogP contribution in [0.5, 0.6) is 23.0 Å². The van der Waals surface area contributed by atoms with Crippen LogP contribution in [-0.2, 0) is 0 Å². The molecule has 0 spiro atoms. The fraction of sp³-hybridized carbons (Fsp3) is 0. The third kappa shape index (κ3) is 4.61. The second-order valence-electron chi connectivity index (χ2n) is 15.6. The molecule has 0 atom stereocenters. The number of hydrogen-bond acceptors (Lipinski definition) is 2. The van der Waals surface area contributed by atoms with E-state index in [2.05, 4.69) is 209 Å². The maximum atomic E-state index is 7.54. The lowest BCUT2D eigenvalue weighted by Gasteiger charge is -2.36. The van der Waals surface area contributed by atoms with Crippen LogP contribution < -0.4 is 25.9 Å². The van der Waals surface area contributed by atoms with Gasteiger partial charge in [0.1, 0.15) is 23.0 Å².